The second-order valence-electron chi connectivity index (χ2n) is 7.61. The maximum atomic E-state index is 14.2. The maximum absolute atomic E-state index is 14.2. The van der Waals surface area contributed by atoms with Gasteiger partial charge in [-0.25, -0.2) is 17.6 Å². The summed E-state index contributed by atoms with van der Waals surface area (Å²) in [4.78, 5) is 0. The molecule has 6 nitrogen and oxygen atoms in total. The van der Waals surface area contributed by atoms with E-state index >= 15 is 0 Å². The summed E-state index contributed by atoms with van der Waals surface area (Å²) < 4.78 is 55.5. The highest BCUT2D eigenvalue weighted by atomic mass is 19.1. The topological polar surface area (TPSA) is 121 Å². The van der Waals surface area contributed by atoms with E-state index in [9.17, 15) is 43.1 Å². The molecule has 0 fully saturated rings. The first-order chi connectivity index (χ1) is 14.9. The lowest BCUT2D eigenvalue weighted by Crippen LogP contribution is -2.66. The number of aliphatic hydroxyl groups is 6. The van der Waals surface area contributed by atoms with Crippen molar-refractivity contribution in [2.45, 2.75) is 42.4 Å². The lowest BCUT2D eigenvalue weighted by molar-refractivity contribution is -0.218. The molecule has 2 aromatic carbocycles. The summed E-state index contributed by atoms with van der Waals surface area (Å²) in [6.45, 7) is 2.21. The number of benzene rings is 2. The minimum Gasteiger partial charge on any atom is -0.394 e. The number of halogens is 4. The highest BCUT2D eigenvalue weighted by Gasteiger charge is 2.53. The summed E-state index contributed by atoms with van der Waals surface area (Å²) in [5.41, 5.74) is -6.63. The molecule has 0 spiro atoms. The summed E-state index contributed by atoms with van der Waals surface area (Å²) in [5, 5.41) is 62.5. The molecule has 0 aliphatic carbocycles. The first-order valence-electron chi connectivity index (χ1n) is 9.49. The van der Waals surface area contributed by atoms with Gasteiger partial charge in [-0.1, -0.05) is 6.08 Å². The predicted molar refractivity (Wildman–Crippen MR) is 105 cm³/mol. The molecule has 0 aliphatic rings. The Balaban J connectivity index is 2.55. The van der Waals surface area contributed by atoms with Crippen LogP contribution < -0.4 is 0 Å². The Morgan fingerprint density at radius 2 is 1.31 bits per heavy atom. The molecule has 0 saturated carbocycles. The van der Waals surface area contributed by atoms with E-state index in [1.54, 1.807) is 0 Å². The zero-order valence-electron chi connectivity index (χ0n) is 16.8. The van der Waals surface area contributed by atoms with Crippen LogP contribution in [0.25, 0.3) is 0 Å². The fraction of sp³-hybridized carbons (Fsp3) is 0.364. The SMILES string of the molecule is C=CC(O)(Cc1cc(F)ccc1F)[C@@H](O)[C@@](O)(Cc1cc(F)ccc1F)[C@H](O)[C@@H](O)CO. The van der Waals surface area contributed by atoms with Crippen LogP contribution in [-0.4, -0.2) is 66.8 Å². The monoisotopic (exact) mass is 460 g/mol. The van der Waals surface area contributed by atoms with Gasteiger partial charge in [0.05, 0.1) is 6.61 Å². The highest BCUT2D eigenvalue weighted by Crippen LogP contribution is 2.34. The molecular formula is C22H24F4O6. The van der Waals surface area contributed by atoms with Crippen molar-refractivity contribution in [2.75, 3.05) is 6.61 Å². The average Bonchev–Trinajstić information content (AvgIpc) is 2.76. The molecule has 0 amide bonds. The minimum absolute atomic E-state index is 0.428. The number of aliphatic hydroxyl groups excluding tert-OH is 4. The van der Waals surface area contributed by atoms with Gasteiger partial charge >= 0.3 is 0 Å². The molecule has 1 unspecified atom stereocenters. The lowest BCUT2D eigenvalue weighted by atomic mass is 9.73. The van der Waals surface area contributed by atoms with E-state index in [1.165, 1.54) is 0 Å². The first kappa shape index (κ1) is 25.9. The van der Waals surface area contributed by atoms with Crippen LogP contribution in [0.3, 0.4) is 0 Å². The van der Waals surface area contributed by atoms with E-state index in [1.807, 2.05) is 0 Å². The molecule has 0 heterocycles. The van der Waals surface area contributed by atoms with Gasteiger partial charge in [0.1, 0.15) is 52.8 Å². The van der Waals surface area contributed by atoms with Crippen molar-refractivity contribution < 1.29 is 48.2 Å². The van der Waals surface area contributed by atoms with Crippen LogP contribution >= 0.6 is 0 Å². The van der Waals surface area contributed by atoms with Gasteiger partial charge in [0, 0.05) is 12.8 Å². The molecule has 0 saturated heterocycles. The van der Waals surface area contributed by atoms with Crippen LogP contribution in [0.2, 0.25) is 0 Å². The average molecular weight is 460 g/mol. The Kier molecular flexibility index (Phi) is 8.16. The predicted octanol–water partition coefficient (Wildman–Crippen LogP) is 0.751. The zero-order valence-corrected chi connectivity index (χ0v) is 16.8. The maximum Gasteiger partial charge on any atom is 0.126 e. The van der Waals surface area contributed by atoms with Crippen molar-refractivity contribution in [3.63, 3.8) is 0 Å². The number of hydrogen-bond donors (Lipinski definition) is 6. The van der Waals surface area contributed by atoms with E-state index in [4.69, 9.17) is 5.11 Å². The smallest absolute Gasteiger partial charge is 0.126 e. The van der Waals surface area contributed by atoms with Gasteiger partial charge in [-0.2, -0.15) is 0 Å². The number of rotatable bonds is 10. The molecule has 5 atom stereocenters. The van der Waals surface area contributed by atoms with Gasteiger partial charge in [0.25, 0.3) is 0 Å². The van der Waals surface area contributed by atoms with Gasteiger partial charge in [0.15, 0.2) is 0 Å². The third-order valence-corrected chi connectivity index (χ3v) is 5.33. The Hall–Kier alpha value is -2.34. The molecule has 0 aliphatic heterocycles. The Morgan fingerprint density at radius 3 is 1.75 bits per heavy atom. The molecule has 2 aromatic rings. The van der Waals surface area contributed by atoms with Crippen LogP contribution in [0.15, 0.2) is 49.1 Å². The van der Waals surface area contributed by atoms with E-state index in [-0.39, 0.29) is 0 Å². The number of hydrogen-bond acceptors (Lipinski definition) is 6. The van der Waals surface area contributed by atoms with Crippen molar-refractivity contribution in [2.24, 2.45) is 0 Å². The van der Waals surface area contributed by atoms with Gasteiger partial charge < -0.3 is 30.6 Å². The third-order valence-electron chi connectivity index (χ3n) is 5.33. The van der Waals surface area contributed by atoms with Crippen molar-refractivity contribution >= 4 is 0 Å². The van der Waals surface area contributed by atoms with Crippen LogP contribution in [0.4, 0.5) is 17.6 Å². The summed E-state index contributed by atoms with van der Waals surface area (Å²) in [6, 6.07) is 4.45. The zero-order chi connectivity index (χ0) is 24.3. The summed E-state index contributed by atoms with van der Waals surface area (Å²) >= 11 is 0. The van der Waals surface area contributed by atoms with Gasteiger partial charge in [-0.15, -0.1) is 6.58 Å². The van der Waals surface area contributed by atoms with E-state index in [0.29, 0.717) is 18.2 Å². The lowest BCUT2D eigenvalue weighted by Gasteiger charge is -2.45. The molecule has 2 rings (SSSR count). The van der Waals surface area contributed by atoms with Crippen molar-refractivity contribution in [1.29, 1.82) is 0 Å². The minimum atomic E-state index is -3.01. The van der Waals surface area contributed by atoms with Crippen LogP contribution in [0.1, 0.15) is 11.1 Å². The highest BCUT2D eigenvalue weighted by molar-refractivity contribution is 5.27. The molecule has 176 valence electrons. The molecule has 10 heteroatoms. The molecular weight excluding hydrogens is 436 g/mol. The fourth-order valence-corrected chi connectivity index (χ4v) is 3.48. The van der Waals surface area contributed by atoms with E-state index in [0.717, 1.165) is 24.3 Å². The molecule has 0 aromatic heterocycles. The van der Waals surface area contributed by atoms with E-state index < -0.39 is 83.4 Å². The summed E-state index contributed by atoms with van der Waals surface area (Å²) in [6.07, 6.45) is -8.18. The van der Waals surface area contributed by atoms with Gasteiger partial charge in [0.2, 0.25) is 0 Å². The fourth-order valence-electron chi connectivity index (χ4n) is 3.48. The molecule has 0 radical (unpaired) electrons. The molecule has 32 heavy (non-hydrogen) atoms. The first-order valence-corrected chi connectivity index (χ1v) is 9.49. The van der Waals surface area contributed by atoms with Crippen molar-refractivity contribution in [1.82, 2.24) is 0 Å². The summed E-state index contributed by atoms with van der Waals surface area (Å²) in [7, 11) is 0. The van der Waals surface area contributed by atoms with Crippen molar-refractivity contribution in [3.05, 3.63) is 83.4 Å². The third kappa shape index (κ3) is 5.34. The van der Waals surface area contributed by atoms with Crippen LogP contribution in [0, 0.1) is 23.3 Å². The Morgan fingerprint density at radius 1 is 0.844 bits per heavy atom. The van der Waals surface area contributed by atoms with Crippen LogP contribution in [-0.2, 0) is 12.8 Å². The normalized spacial score (nSPS) is 18.3. The Bertz CT molecular complexity index is 958. The molecule has 0 bridgehead atoms. The largest absolute Gasteiger partial charge is 0.394 e. The Labute approximate surface area is 181 Å². The molecule has 6 N–H and O–H groups in total. The van der Waals surface area contributed by atoms with Crippen LogP contribution in [0.5, 0.6) is 0 Å². The standard InChI is InChI=1S/C22H24F4O6/c1-2-21(31,9-12-7-14(23)3-5-16(12)25)20(30)22(32,19(29)18(28)11-27)10-13-8-15(24)4-6-17(13)26/h2-8,18-20,27-32H,1,9-11H2/t18-,19+,20+,21?,22+/m0/s1. The van der Waals surface area contributed by atoms with Gasteiger partial charge in [-0.05, 0) is 47.5 Å². The quantitative estimate of drug-likeness (QED) is 0.230. The second-order valence-corrected chi connectivity index (χ2v) is 7.61. The second kappa shape index (κ2) is 10.1. The van der Waals surface area contributed by atoms with E-state index in [2.05, 4.69) is 6.58 Å². The van der Waals surface area contributed by atoms with Crippen molar-refractivity contribution in [3.8, 4) is 0 Å². The summed E-state index contributed by atoms with van der Waals surface area (Å²) in [5.74, 6) is -3.79. The van der Waals surface area contributed by atoms with Gasteiger partial charge in [-0.3, -0.25) is 0 Å².